The lowest BCUT2D eigenvalue weighted by molar-refractivity contribution is -0.119. The molecule has 0 spiro atoms. The molecule has 8 heteroatoms. The summed E-state index contributed by atoms with van der Waals surface area (Å²) >= 11 is 1.39. The number of likely N-dealkylation sites (tertiary alicyclic amines) is 1. The maximum atomic E-state index is 12.5. The van der Waals surface area contributed by atoms with Gasteiger partial charge in [0.05, 0.1) is 18.4 Å². The minimum atomic E-state index is 0.0263. The van der Waals surface area contributed by atoms with Gasteiger partial charge in [0, 0.05) is 32.7 Å². The van der Waals surface area contributed by atoms with Crippen LogP contribution in [-0.2, 0) is 18.4 Å². The number of rotatable bonds is 8. The highest BCUT2D eigenvalue weighted by Gasteiger charge is 2.24. The van der Waals surface area contributed by atoms with Crippen molar-refractivity contribution in [1.29, 1.82) is 0 Å². The number of ether oxygens (including phenoxy) is 1. The van der Waals surface area contributed by atoms with E-state index in [-0.39, 0.29) is 11.9 Å². The Labute approximate surface area is 186 Å². The van der Waals surface area contributed by atoms with E-state index in [4.69, 9.17) is 4.74 Å². The van der Waals surface area contributed by atoms with Gasteiger partial charge in [-0.05, 0) is 24.1 Å². The molecule has 1 aliphatic rings. The largest absolute Gasteiger partial charge is 0.496 e. The van der Waals surface area contributed by atoms with Crippen molar-refractivity contribution in [1.82, 2.24) is 25.0 Å². The van der Waals surface area contributed by atoms with E-state index in [0.29, 0.717) is 16.7 Å². The van der Waals surface area contributed by atoms with Gasteiger partial charge >= 0.3 is 0 Å². The highest BCUT2D eigenvalue weighted by molar-refractivity contribution is 7.99. The van der Waals surface area contributed by atoms with Gasteiger partial charge in [0.15, 0.2) is 11.0 Å². The summed E-state index contributed by atoms with van der Waals surface area (Å²) in [6, 6.07) is 18.3. The van der Waals surface area contributed by atoms with Gasteiger partial charge in [-0.25, -0.2) is 0 Å². The summed E-state index contributed by atoms with van der Waals surface area (Å²) < 4.78 is 7.32. The van der Waals surface area contributed by atoms with Crippen molar-refractivity contribution < 1.29 is 9.53 Å². The Morgan fingerprint density at radius 1 is 1.16 bits per heavy atom. The summed E-state index contributed by atoms with van der Waals surface area (Å²) in [7, 11) is 3.54. The number of hydrogen-bond donors (Lipinski definition) is 1. The van der Waals surface area contributed by atoms with Crippen LogP contribution in [0.15, 0.2) is 59.8 Å². The molecule has 1 amide bonds. The van der Waals surface area contributed by atoms with Crippen molar-refractivity contribution in [2.45, 2.75) is 24.2 Å². The van der Waals surface area contributed by atoms with E-state index in [1.54, 1.807) is 7.11 Å². The van der Waals surface area contributed by atoms with Crippen LogP contribution in [0, 0.1) is 0 Å². The molecule has 1 aliphatic heterocycles. The molecule has 1 atom stereocenters. The van der Waals surface area contributed by atoms with Crippen LogP contribution < -0.4 is 10.1 Å². The third kappa shape index (κ3) is 5.26. The fourth-order valence-electron chi connectivity index (χ4n) is 3.84. The van der Waals surface area contributed by atoms with E-state index in [1.807, 2.05) is 41.9 Å². The Kier molecular flexibility index (Phi) is 6.89. The first-order valence-electron chi connectivity index (χ1n) is 10.3. The number of carbonyl (C=O) groups is 1. The first-order valence-corrected chi connectivity index (χ1v) is 11.3. The van der Waals surface area contributed by atoms with Gasteiger partial charge < -0.3 is 14.6 Å². The summed E-state index contributed by atoms with van der Waals surface area (Å²) in [5, 5.41) is 12.4. The summed E-state index contributed by atoms with van der Waals surface area (Å²) in [6.45, 7) is 2.80. The second-order valence-corrected chi connectivity index (χ2v) is 8.57. The first-order chi connectivity index (χ1) is 15.1. The summed E-state index contributed by atoms with van der Waals surface area (Å²) in [5.41, 5.74) is 2.18. The lowest BCUT2D eigenvalue weighted by Gasteiger charge is -2.16. The van der Waals surface area contributed by atoms with Crippen LogP contribution in [0.3, 0.4) is 0 Å². The molecule has 0 aliphatic carbocycles. The van der Waals surface area contributed by atoms with Crippen molar-refractivity contribution in [2.24, 2.45) is 7.05 Å². The van der Waals surface area contributed by atoms with E-state index in [0.717, 1.165) is 37.4 Å². The van der Waals surface area contributed by atoms with E-state index >= 15 is 0 Å². The number of nitrogens with one attached hydrogen (secondary N) is 1. The molecule has 1 fully saturated rings. The number of para-hydroxylation sites is 1. The number of aromatic nitrogens is 3. The smallest absolute Gasteiger partial charge is 0.230 e. The number of amides is 1. The summed E-state index contributed by atoms with van der Waals surface area (Å²) in [6.07, 6.45) is 0.977. The van der Waals surface area contributed by atoms with E-state index in [2.05, 4.69) is 44.7 Å². The van der Waals surface area contributed by atoms with Crippen LogP contribution in [-0.4, -0.2) is 57.6 Å². The average Bonchev–Trinajstić information content (AvgIpc) is 3.38. The van der Waals surface area contributed by atoms with Crippen LogP contribution in [0.1, 0.15) is 12.0 Å². The Hall–Kier alpha value is -2.84. The minimum Gasteiger partial charge on any atom is -0.496 e. The molecule has 3 aromatic rings. The third-order valence-electron chi connectivity index (χ3n) is 5.40. The maximum absolute atomic E-state index is 12.5. The Morgan fingerprint density at radius 2 is 1.94 bits per heavy atom. The highest BCUT2D eigenvalue weighted by atomic mass is 32.2. The second-order valence-electron chi connectivity index (χ2n) is 7.63. The molecule has 1 unspecified atom stereocenters. The van der Waals surface area contributed by atoms with Gasteiger partial charge in [-0.15, -0.1) is 10.2 Å². The van der Waals surface area contributed by atoms with Gasteiger partial charge in [-0.2, -0.15) is 0 Å². The first kappa shape index (κ1) is 21.4. The number of hydrogen-bond acceptors (Lipinski definition) is 6. The standard InChI is InChI=1S/C23H27N5O2S/c1-27-22(19-10-6-7-11-20(19)30-2)25-26-23(27)31-16-21(29)24-18-12-13-28(15-18)14-17-8-4-3-5-9-17/h3-11,18H,12-16H2,1-2H3,(H,24,29). The number of thioether (sulfide) groups is 1. The Balaban J connectivity index is 1.28. The van der Waals surface area contributed by atoms with E-state index < -0.39 is 0 Å². The van der Waals surface area contributed by atoms with E-state index in [9.17, 15) is 4.79 Å². The highest BCUT2D eigenvalue weighted by Crippen LogP contribution is 2.29. The van der Waals surface area contributed by atoms with Crippen molar-refractivity contribution in [3.63, 3.8) is 0 Å². The maximum Gasteiger partial charge on any atom is 0.230 e. The molecule has 162 valence electrons. The van der Waals surface area contributed by atoms with Gasteiger partial charge in [-0.3, -0.25) is 9.69 Å². The Morgan fingerprint density at radius 3 is 2.74 bits per heavy atom. The number of benzene rings is 2. The third-order valence-corrected chi connectivity index (χ3v) is 6.42. The molecular weight excluding hydrogens is 410 g/mol. The van der Waals surface area contributed by atoms with Gasteiger partial charge in [0.25, 0.3) is 0 Å². The summed E-state index contributed by atoms with van der Waals surface area (Å²) in [5.74, 6) is 1.80. The molecule has 0 radical (unpaired) electrons. The van der Waals surface area contributed by atoms with Crippen LogP contribution in [0.2, 0.25) is 0 Å². The molecule has 0 bridgehead atoms. The molecule has 31 heavy (non-hydrogen) atoms. The molecule has 1 N–H and O–H groups in total. The van der Waals surface area contributed by atoms with Crippen molar-refractivity contribution in [2.75, 3.05) is 26.0 Å². The van der Waals surface area contributed by atoms with Crippen molar-refractivity contribution in [3.05, 3.63) is 60.2 Å². The lowest BCUT2D eigenvalue weighted by atomic mass is 10.2. The zero-order valence-electron chi connectivity index (χ0n) is 17.8. The zero-order valence-corrected chi connectivity index (χ0v) is 18.6. The Bertz CT molecular complexity index is 1020. The SMILES string of the molecule is COc1ccccc1-c1nnc(SCC(=O)NC2CCN(Cc3ccccc3)C2)n1C. The van der Waals surface area contributed by atoms with Gasteiger partial charge in [0.2, 0.25) is 5.91 Å². The fourth-order valence-corrected chi connectivity index (χ4v) is 4.56. The summed E-state index contributed by atoms with van der Waals surface area (Å²) in [4.78, 5) is 14.9. The molecule has 1 aromatic heterocycles. The zero-order chi connectivity index (χ0) is 21.6. The van der Waals surface area contributed by atoms with Crippen LogP contribution >= 0.6 is 11.8 Å². The normalized spacial score (nSPS) is 16.4. The molecule has 0 saturated carbocycles. The molecule has 7 nitrogen and oxygen atoms in total. The minimum absolute atomic E-state index is 0.0263. The number of nitrogens with zero attached hydrogens (tertiary/aromatic N) is 4. The number of methoxy groups -OCH3 is 1. The topological polar surface area (TPSA) is 72.3 Å². The predicted molar refractivity (Wildman–Crippen MR) is 122 cm³/mol. The van der Waals surface area contributed by atoms with Gasteiger partial charge in [-0.1, -0.05) is 54.2 Å². The molecule has 4 rings (SSSR count). The van der Waals surface area contributed by atoms with Crippen LogP contribution in [0.25, 0.3) is 11.4 Å². The second kappa shape index (κ2) is 9.98. The quantitative estimate of drug-likeness (QED) is 0.547. The fraction of sp³-hybridized carbons (Fsp3) is 0.348. The average molecular weight is 438 g/mol. The molecule has 2 aromatic carbocycles. The molecule has 1 saturated heterocycles. The number of carbonyl (C=O) groups excluding carboxylic acids is 1. The predicted octanol–water partition coefficient (Wildman–Crippen LogP) is 2.97. The molecular formula is C23H27N5O2S. The van der Waals surface area contributed by atoms with E-state index in [1.165, 1.54) is 17.3 Å². The monoisotopic (exact) mass is 437 g/mol. The van der Waals surface area contributed by atoms with Crippen molar-refractivity contribution >= 4 is 17.7 Å². The van der Waals surface area contributed by atoms with Crippen molar-refractivity contribution in [3.8, 4) is 17.1 Å². The van der Waals surface area contributed by atoms with Gasteiger partial charge in [0.1, 0.15) is 5.75 Å². The van der Waals surface area contributed by atoms with Crippen LogP contribution in [0.5, 0.6) is 5.75 Å². The molecule has 2 heterocycles. The van der Waals surface area contributed by atoms with Crippen LogP contribution in [0.4, 0.5) is 0 Å². The lowest BCUT2D eigenvalue weighted by Crippen LogP contribution is -2.38.